The van der Waals surface area contributed by atoms with Gasteiger partial charge in [0.05, 0.1) is 18.1 Å². The first-order valence-electron chi connectivity index (χ1n) is 10.2. The van der Waals surface area contributed by atoms with Crippen molar-refractivity contribution in [2.24, 2.45) is 11.8 Å². The van der Waals surface area contributed by atoms with Crippen molar-refractivity contribution in [2.75, 3.05) is 0 Å². The highest BCUT2D eigenvalue weighted by Crippen LogP contribution is 2.34. The van der Waals surface area contributed by atoms with Gasteiger partial charge in [0.15, 0.2) is 0 Å². The number of hydrogen-bond donors (Lipinski definition) is 1. The zero-order valence-electron chi connectivity index (χ0n) is 16.8. The summed E-state index contributed by atoms with van der Waals surface area (Å²) in [6.45, 7) is 1.65. The Labute approximate surface area is 176 Å². The van der Waals surface area contributed by atoms with Crippen LogP contribution in [0, 0.1) is 11.8 Å². The molecule has 0 spiro atoms. The number of nitrogens with zero attached hydrogens (tertiary/aromatic N) is 1. The second-order valence-corrected chi connectivity index (χ2v) is 7.81. The predicted octanol–water partition coefficient (Wildman–Crippen LogP) is 4.06. The van der Waals surface area contributed by atoms with Crippen molar-refractivity contribution in [2.45, 2.75) is 31.6 Å². The van der Waals surface area contributed by atoms with Crippen LogP contribution in [0.2, 0.25) is 0 Å². The van der Waals surface area contributed by atoms with E-state index in [0.717, 1.165) is 5.56 Å². The summed E-state index contributed by atoms with van der Waals surface area (Å²) >= 11 is 0. The molecule has 2 aliphatic rings. The number of allylic oxidation sites excluding steroid dienone is 2. The van der Waals surface area contributed by atoms with Crippen LogP contribution in [-0.4, -0.2) is 34.2 Å². The zero-order valence-corrected chi connectivity index (χ0v) is 16.8. The standard InChI is InChI=1S/C25H25NO4/c1-17(22(27)19-12-6-3-7-13-19)24(28)26-21(16-18-10-4-2-5-11-18)23(30-25(26)29)20-14-8-9-15-20/h2-15,17,20-23,27H,16H2,1H3/t17-,21+,22+,23-/m0/s1. The molecule has 0 saturated carbocycles. The summed E-state index contributed by atoms with van der Waals surface area (Å²) in [5, 5.41) is 10.7. The highest BCUT2D eigenvalue weighted by molar-refractivity contribution is 5.95. The number of aliphatic hydroxyl groups is 1. The van der Waals surface area contributed by atoms with Gasteiger partial charge in [-0.1, -0.05) is 91.9 Å². The van der Waals surface area contributed by atoms with E-state index in [0.29, 0.717) is 12.0 Å². The average molecular weight is 403 g/mol. The number of ether oxygens (including phenoxy) is 1. The summed E-state index contributed by atoms with van der Waals surface area (Å²) in [6.07, 6.45) is 6.18. The van der Waals surface area contributed by atoms with Crippen LogP contribution >= 0.6 is 0 Å². The molecule has 1 aliphatic heterocycles. The Bertz CT molecular complexity index is 942. The van der Waals surface area contributed by atoms with Gasteiger partial charge in [-0.2, -0.15) is 0 Å². The molecular formula is C25H25NO4. The number of imide groups is 1. The SMILES string of the molecule is C[C@H](C(=O)N1C(=O)O[C@@H](C2C=CC=C2)[C@H]1Cc1ccccc1)[C@@H](O)c1ccccc1. The van der Waals surface area contributed by atoms with Gasteiger partial charge >= 0.3 is 6.09 Å². The molecule has 0 unspecified atom stereocenters. The third-order valence-electron chi connectivity index (χ3n) is 5.83. The molecule has 2 aromatic rings. The van der Waals surface area contributed by atoms with Gasteiger partial charge in [0.1, 0.15) is 6.10 Å². The fourth-order valence-corrected chi connectivity index (χ4v) is 4.15. The molecule has 0 bridgehead atoms. The molecular weight excluding hydrogens is 378 g/mol. The molecule has 5 nitrogen and oxygen atoms in total. The van der Waals surface area contributed by atoms with E-state index < -0.39 is 36.2 Å². The Kier molecular flexibility index (Phi) is 5.81. The van der Waals surface area contributed by atoms with Crippen molar-refractivity contribution in [3.05, 3.63) is 96.1 Å². The van der Waals surface area contributed by atoms with Gasteiger partial charge < -0.3 is 9.84 Å². The van der Waals surface area contributed by atoms with Crippen molar-refractivity contribution in [1.29, 1.82) is 0 Å². The highest BCUT2D eigenvalue weighted by atomic mass is 16.6. The van der Waals surface area contributed by atoms with Gasteiger partial charge in [0.2, 0.25) is 5.91 Å². The van der Waals surface area contributed by atoms with Crippen LogP contribution in [0.5, 0.6) is 0 Å². The largest absolute Gasteiger partial charge is 0.443 e. The van der Waals surface area contributed by atoms with Crippen LogP contribution in [0.4, 0.5) is 4.79 Å². The summed E-state index contributed by atoms with van der Waals surface area (Å²) < 4.78 is 5.68. The van der Waals surface area contributed by atoms with Crippen LogP contribution in [0.3, 0.4) is 0 Å². The van der Waals surface area contributed by atoms with Crippen LogP contribution in [-0.2, 0) is 16.0 Å². The molecule has 2 amide bonds. The van der Waals surface area contributed by atoms with E-state index in [1.165, 1.54) is 4.90 Å². The molecule has 1 aliphatic carbocycles. The molecule has 1 heterocycles. The lowest BCUT2D eigenvalue weighted by molar-refractivity contribution is -0.136. The smallest absolute Gasteiger partial charge is 0.417 e. The number of hydrogen-bond acceptors (Lipinski definition) is 4. The number of amides is 2. The minimum atomic E-state index is -1.01. The normalized spacial score (nSPS) is 22.9. The molecule has 4 atom stereocenters. The molecule has 154 valence electrons. The number of benzene rings is 2. The van der Waals surface area contributed by atoms with Gasteiger partial charge in [-0.3, -0.25) is 4.79 Å². The number of aliphatic hydroxyl groups excluding tert-OH is 1. The molecule has 5 heteroatoms. The maximum Gasteiger partial charge on any atom is 0.417 e. The van der Waals surface area contributed by atoms with Gasteiger partial charge in [-0.05, 0) is 17.5 Å². The Morgan fingerprint density at radius 1 is 1.03 bits per heavy atom. The summed E-state index contributed by atoms with van der Waals surface area (Å²) in [4.78, 5) is 27.4. The lowest BCUT2D eigenvalue weighted by Crippen LogP contribution is -2.47. The van der Waals surface area contributed by atoms with Crippen LogP contribution < -0.4 is 0 Å². The van der Waals surface area contributed by atoms with E-state index in [1.54, 1.807) is 19.1 Å². The Balaban J connectivity index is 1.61. The van der Waals surface area contributed by atoms with Gasteiger partial charge in [-0.15, -0.1) is 0 Å². The summed E-state index contributed by atoms with van der Waals surface area (Å²) in [6, 6.07) is 18.3. The molecule has 4 rings (SSSR count). The number of carbonyl (C=O) groups excluding carboxylic acids is 2. The van der Waals surface area contributed by atoms with Crippen molar-refractivity contribution < 1.29 is 19.4 Å². The van der Waals surface area contributed by atoms with Crippen LogP contribution in [0.15, 0.2) is 85.0 Å². The lowest BCUT2D eigenvalue weighted by Gasteiger charge is -2.28. The van der Waals surface area contributed by atoms with E-state index >= 15 is 0 Å². The van der Waals surface area contributed by atoms with Gasteiger partial charge in [0, 0.05) is 5.92 Å². The van der Waals surface area contributed by atoms with Crippen molar-refractivity contribution >= 4 is 12.0 Å². The van der Waals surface area contributed by atoms with Gasteiger partial charge in [0.25, 0.3) is 0 Å². The first-order valence-corrected chi connectivity index (χ1v) is 10.2. The second kappa shape index (κ2) is 8.67. The molecule has 0 radical (unpaired) electrons. The zero-order chi connectivity index (χ0) is 21.1. The number of cyclic esters (lactones) is 1. The first kappa shape index (κ1) is 20.1. The molecule has 2 aromatic carbocycles. The van der Waals surface area contributed by atoms with Gasteiger partial charge in [-0.25, -0.2) is 9.69 Å². The Morgan fingerprint density at radius 2 is 1.63 bits per heavy atom. The number of carbonyl (C=O) groups is 2. The molecule has 0 aromatic heterocycles. The first-order chi connectivity index (χ1) is 14.6. The highest BCUT2D eigenvalue weighted by Gasteiger charge is 2.49. The fraction of sp³-hybridized carbons (Fsp3) is 0.280. The summed E-state index contributed by atoms with van der Waals surface area (Å²) in [7, 11) is 0. The quantitative estimate of drug-likeness (QED) is 0.790. The Morgan fingerprint density at radius 3 is 2.27 bits per heavy atom. The molecule has 1 fully saturated rings. The van der Waals surface area contributed by atoms with E-state index in [-0.39, 0.29) is 5.92 Å². The van der Waals surface area contributed by atoms with Crippen LogP contribution in [0.25, 0.3) is 0 Å². The maximum atomic E-state index is 13.4. The van der Waals surface area contributed by atoms with Crippen molar-refractivity contribution in [1.82, 2.24) is 4.90 Å². The van der Waals surface area contributed by atoms with E-state index in [2.05, 4.69) is 0 Å². The molecule has 30 heavy (non-hydrogen) atoms. The monoisotopic (exact) mass is 403 g/mol. The summed E-state index contributed by atoms with van der Waals surface area (Å²) in [5.41, 5.74) is 1.66. The van der Waals surface area contributed by atoms with Crippen molar-refractivity contribution in [3.63, 3.8) is 0 Å². The van der Waals surface area contributed by atoms with E-state index in [4.69, 9.17) is 4.74 Å². The minimum absolute atomic E-state index is 0.0742. The van der Waals surface area contributed by atoms with Crippen LogP contribution in [0.1, 0.15) is 24.2 Å². The molecule has 1 saturated heterocycles. The number of rotatable bonds is 6. The fourth-order valence-electron chi connectivity index (χ4n) is 4.15. The maximum absolute atomic E-state index is 13.4. The third-order valence-corrected chi connectivity index (χ3v) is 5.83. The lowest BCUT2D eigenvalue weighted by atomic mass is 9.90. The van der Waals surface area contributed by atoms with Crippen molar-refractivity contribution in [3.8, 4) is 0 Å². The van der Waals surface area contributed by atoms with E-state index in [1.807, 2.05) is 72.8 Å². The second-order valence-electron chi connectivity index (χ2n) is 7.81. The third kappa shape index (κ3) is 3.94. The summed E-state index contributed by atoms with van der Waals surface area (Å²) in [5.74, 6) is -1.29. The topological polar surface area (TPSA) is 66.8 Å². The minimum Gasteiger partial charge on any atom is -0.443 e. The van der Waals surface area contributed by atoms with E-state index in [9.17, 15) is 14.7 Å². The Hall–Kier alpha value is -3.18. The predicted molar refractivity (Wildman–Crippen MR) is 113 cm³/mol. The average Bonchev–Trinajstić information content (AvgIpc) is 3.42. The molecule has 1 N–H and O–H groups in total.